The third-order valence-electron chi connectivity index (χ3n) is 3.07. The maximum absolute atomic E-state index is 12.0. The molecule has 0 spiro atoms. The van der Waals surface area contributed by atoms with Crippen LogP contribution in [0.3, 0.4) is 0 Å². The van der Waals surface area contributed by atoms with Crippen LogP contribution in [0.15, 0.2) is 6.20 Å². The van der Waals surface area contributed by atoms with E-state index in [0.29, 0.717) is 11.6 Å². The number of halogens is 1. The summed E-state index contributed by atoms with van der Waals surface area (Å²) < 4.78 is 7.82. The first-order valence-electron chi connectivity index (χ1n) is 5.51. The van der Waals surface area contributed by atoms with E-state index in [1.807, 2.05) is 11.8 Å². The van der Waals surface area contributed by atoms with Gasteiger partial charge < -0.3 is 10.6 Å². The van der Waals surface area contributed by atoms with Gasteiger partial charge in [-0.25, -0.2) is 0 Å². The minimum atomic E-state index is -0.0147. The number of likely N-dealkylation sites (tertiary alicyclic amines) is 1. The van der Waals surface area contributed by atoms with Crippen LogP contribution in [0.4, 0.5) is 0 Å². The smallest absolute Gasteiger partial charge is 0.275 e. The van der Waals surface area contributed by atoms with Crippen LogP contribution in [-0.2, 0) is 0 Å². The second-order valence-corrected chi connectivity index (χ2v) is 4.86. The average Bonchev–Trinajstić information content (AvgIpc) is 2.81. The van der Waals surface area contributed by atoms with Gasteiger partial charge in [0.25, 0.3) is 5.91 Å². The molecular formula is C10H17ClN4OS. The van der Waals surface area contributed by atoms with Crippen LogP contribution in [0.1, 0.15) is 30.3 Å². The zero-order valence-corrected chi connectivity index (χ0v) is 11.3. The molecule has 96 valence electrons. The van der Waals surface area contributed by atoms with Crippen molar-refractivity contribution in [2.75, 3.05) is 13.1 Å². The molecule has 1 saturated heterocycles. The normalized spacial score (nSPS) is 21.8. The number of amides is 1. The molecule has 0 aromatic carbocycles. The summed E-state index contributed by atoms with van der Waals surface area (Å²) in [5.41, 5.74) is 6.34. The highest BCUT2D eigenvalue weighted by molar-refractivity contribution is 6.99. The maximum Gasteiger partial charge on any atom is 0.275 e. The van der Waals surface area contributed by atoms with Gasteiger partial charge in [0.05, 0.1) is 17.9 Å². The molecule has 2 atom stereocenters. The molecule has 0 bridgehead atoms. The van der Waals surface area contributed by atoms with Crippen molar-refractivity contribution in [1.29, 1.82) is 0 Å². The van der Waals surface area contributed by atoms with Crippen molar-refractivity contribution in [3.63, 3.8) is 0 Å². The summed E-state index contributed by atoms with van der Waals surface area (Å²) in [5.74, 6) is 0.392. The number of rotatable bonds is 2. The Bertz CT molecular complexity index is 357. The summed E-state index contributed by atoms with van der Waals surface area (Å²) in [6.07, 6.45) is 3.66. The van der Waals surface area contributed by atoms with Gasteiger partial charge in [0, 0.05) is 19.1 Å². The lowest BCUT2D eigenvalue weighted by Crippen LogP contribution is -2.45. The lowest BCUT2D eigenvalue weighted by atomic mass is 9.92. The van der Waals surface area contributed by atoms with Crippen molar-refractivity contribution in [3.8, 4) is 0 Å². The number of nitrogens with zero attached hydrogens (tertiary/aromatic N) is 3. The predicted molar refractivity (Wildman–Crippen MR) is 69.4 cm³/mol. The molecule has 5 nitrogen and oxygen atoms in total. The molecule has 2 unspecified atom stereocenters. The highest BCUT2D eigenvalue weighted by atomic mass is 35.5. The standard InChI is InChI=1S/C10H16N4OS.ClH/c1-7(11)8-3-2-4-14(6-8)10(15)9-5-12-16-13-9;/h5,7-8H,2-4,6,11H2,1H3;1H. The van der Waals surface area contributed by atoms with Gasteiger partial charge in [-0.15, -0.1) is 12.4 Å². The minimum Gasteiger partial charge on any atom is -0.337 e. The summed E-state index contributed by atoms with van der Waals surface area (Å²) in [5, 5.41) is 0. The summed E-state index contributed by atoms with van der Waals surface area (Å²) >= 11 is 1.07. The summed E-state index contributed by atoms with van der Waals surface area (Å²) in [6.45, 7) is 3.55. The van der Waals surface area contributed by atoms with Gasteiger partial charge in [-0.05, 0) is 25.7 Å². The highest BCUT2D eigenvalue weighted by Gasteiger charge is 2.27. The molecule has 1 aliphatic rings. The fourth-order valence-corrected chi connectivity index (χ4v) is 2.45. The molecular weight excluding hydrogens is 260 g/mol. The van der Waals surface area contributed by atoms with E-state index in [1.54, 1.807) is 0 Å². The summed E-state index contributed by atoms with van der Waals surface area (Å²) in [6, 6.07) is 0.143. The number of nitrogens with two attached hydrogens (primary N) is 1. The van der Waals surface area contributed by atoms with Gasteiger partial charge in [-0.1, -0.05) is 0 Å². The third-order valence-corrected chi connectivity index (χ3v) is 3.55. The molecule has 1 amide bonds. The largest absolute Gasteiger partial charge is 0.337 e. The van der Waals surface area contributed by atoms with E-state index < -0.39 is 0 Å². The third kappa shape index (κ3) is 3.37. The zero-order chi connectivity index (χ0) is 11.5. The summed E-state index contributed by atoms with van der Waals surface area (Å²) in [4.78, 5) is 13.9. The second-order valence-electron chi connectivity index (χ2n) is 4.31. The molecule has 1 fully saturated rings. The minimum absolute atomic E-state index is 0. The average molecular weight is 277 g/mol. The van der Waals surface area contributed by atoms with Crippen molar-refractivity contribution in [1.82, 2.24) is 13.6 Å². The number of carbonyl (C=O) groups excluding carboxylic acids is 1. The topological polar surface area (TPSA) is 72.1 Å². The predicted octanol–water partition coefficient (Wildman–Crippen LogP) is 1.16. The van der Waals surface area contributed by atoms with Crippen LogP contribution in [-0.4, -0.2) is 38.7 Å². The van der Waals surface area contributed by atoms with Crippen LogP contribution in [0.2, 0.25) is 0 Å². The molecule has 2 rings (SSSR count). The van der Waals surface area contributed by atoms with Crippen molar-refractivity contribution in [2.45, 2.75) is 25.8 Å². The zero-order valence-electron chi connectivity index (χ0n) is 9.70. The fourth-order valence-electron chi connectivity index (χ4n) is 2.04. The first-order chi connectivity index (χ1) is 7.68. The van der Waals surface area contributed by atoms with Crippen molar-refractivity contribution in [2.24, 2.45) is 11.7 Å². The Morgan fingerprint density at radius 1 is 1.71 bits per heavy atom. The summed E-state index contributed by atoms with van der Waals surface area (Å²) in [7, 11) is 0. The quantitative estimate of drug-likeness (QED) is 0.880. The highest BCUT2D eigenvalue weighted by Crippen LogP contribution is 2.20. The van der Waals surface area contributed by atoms with Gasteiger partial charge in [0.1, 0.15) is 0 Å². The number of hydrogen-bond donors (Lipinski definition) is 1. The molecule has 17 heavy (non-hydrogen) atoms. The van der Waals surface area contributed by atoms with Gasteiger partial charge in [-0.2, -0.15) is 8.75 Å². The van der Waals surface area contributed by atoms with Gasteiger partial charge in [0.15, 0.2) is 5.69 Å². The van der Waals surface area contributed by atoms with Gasteiger partial charge >= 0.3 is 0 Å². The number of piperidine rings is 1. The first-order valence-corrected chi connectivity index (χ1v) is 6.24. The van der Waals surface area contributed by atoms with E-state index in [4.69, 9.17) is 5.73 Å². The fraction of sp³-hybridized carbons (Fsp3) is 0.700. The van der Waals surface area contributed by atoms with Crippen molar-refractivity contribution < 1.29 is 4.79 Å². The van der Waals surface area contributed by atoms with Crippen LogP contribution in [0.5, 0.6) is 0 Å². The van der Waals surface area contributed by atoms with Gasteiger partial charge in [0.2, 0.25) is 0 Å². The first kappa shape index (κ1) is 14.3. The van der Waals surface area contributed by atoms with E-state index >= 15 is 0 Å². The maximum atomic E-state index is 12.0. The second kappa shape index (κ2) is 6.28. The molecule has 0 aliphatic carbocycles. The number of carbonyl (C=O) groups is 1. The Balaban J connectivity index is 0.00000144. The van der Waals surface area contributed by atoms with E-state index in [2.05, 4.69) is 8.75 Å². The van der Waals surface area contributed by atoms with Crippen LogP contribution < -0.4 is 5.73 Å². The molecule has 2 heterocycles. The molecule has 1 aliphatic heterocycles. The molecule has 1 aromatic rings. The van der Waals surface area contributed by atoms with Crippen molar-refractivity contribution in [3.05, 3.63) is 11.9 Å². The Hall–Kier alpha value is -0.720. The van der Waals surface area contributed by atoms with E-state index in [-0.39, 0.29) is 24.4 Å². The molecule has 7 heteroatoms. The van der Waals surface area contributed by atoms with Crippen LogP contribution in [0, 0.1) is 5.92 Å². The van der Waals surface area contributed by atoms with Crippen molar-refractivity contribution >= 4 is 30.0 Å². The molecule has 1 aromatic heterocycles. The lowest BCUT2D eigenvalue weighted by molar-refractivity contribution is 0.0656. The molecule has 0 radical (unpaired) electrons. The Morgan fingerprint density at radius 2 is 2.47 bits per heavy atom. The monoisotopic (exact) mass is 276 g/mol. The van der Waals surface area contributed by atoms with Gasteiger partial charge in [-0.3, -0.25) is 4.79 Å². The molecule has 0 saturated carbocycles. The van der Waals surface area contributed by atoms with Crippen LogP contribution in [0.25, 0.3) is 0 Å². The van der Waals surface area contributed by atoms with E-state index in [0.717, 1.165) is 37.7 Å². The Morgan fingerprint density at radius 3 is 3.06 bits per heavy atom. The van der Waals surface area contributed by atoms with E-state index in [9.17, 15) is 4.79 Å². The Kier molecular flexibility index (Phi) is 5.30. The number of aromatic nitrogens is 2. The Labute approximate surface area is 111 Å². The molecule has 2 N–H and O–H groups in total. The SMILES string of the molecule is CC(N)C1CCCN(C(=O)c2cnsn2)C1.Cl. The number of hydrogen-bond acceptors (Lipinski definition) is 5. The van der Waals surface area contributed by atoms with E-state index in [1.165, 1.54) is 6.20 Å². The van der Waals surface area contributed by atoms with Crippen LogP contribution >= 0.6 is 24.1 Å². The lowest BCUT2D eigenvalue weighted by Gasteiger charge is -2.34.